The number of nitrogens with zero attached hydrogens (tertiary/aromatic N) is 3. The number of carbonyl (C=O) groups excluding carboxylic acids is 2. The summed E-state index contributed by atoms with van der Waals surface area (Å²) in [6, 6.07) is 18.5. The Bertz CT molecular complexity index is 1720. The zero-order valence-corrected chi connectivity index (χ0v) is 30.3. The van der Waals surface area contributed by atoms with Crippen molar-refractivity contribution in [3.8, 4) is 28.3 Å². The van der Waals surface area contributed by atoms with E-state index in [4.69, 9.17) is 4.74 Å². The molecule has 0 saturated carbocycles. The van der Waals surface area contributed by atoms with E-state index in [9.17, 15) is 19.5 Å². The first kappa shape index (κ1) is 36.7. The lowest BCUT2D eigenvalue weighted by atomic mass is 9.95. The minimum Gasteiger partial charge on any atom is -0.494 e. The molecule has 2 N–H and O–H groups in total. The van der Waals surface area contributed by atoms with Crippen molar-refractivity contribution < 1.29 is 24.2 Å². The Labute approximate surface area is 299 Å². The molecule has 1 aliphatic heterocycles. The van der Waals surface area contributed by atoms with Gasteiger partial charge in [-0.25, -0.2) is 9.97 Å². The smallest absolute Gasteiger partial charge is 0.310 e. The first-order chi connectivity index (χ1) is 24.0. The molecule has 0 aliphatic carbocycles. The summed E-state index contributed by atoms with van der Waals surface area (Å²) >= 11 is 1.41. The van der Waals surface area contributed by atoms with Crippen LogP contribution in [0.1, 0.15) is 86.3 Å². The van der Waals surface area contributed by atoms with Crippen molar-refractivity contribution in [2.75, 3.05) is 19.7 Å². The third-order valence-electron chi connectivity index (χ3n) is 8.97. The lowest BCUT2D eigenvalue weighted by Gasteiger charge is -2.38. The second-order valence-corrected chi connectivity index (χ2v) is 15.1. The average molecular weight is 697 g/mol. The van der Waals surface area contributed by atoms with Gasteiger partial charge in [0.25, 0.3) is 5.91 Å². The molecule has 1 atom stereocenters. The van der Waals surface area contributed by atoms with Crippen molar-refractivity contribution in [1.82, 2.24) is 20.2 Å². The van der Waals surface area contributed by atoms with E-state index in [0.29, 0.717) is 10.7 Å². The summed E-state index contributed by atoms with van der Waals surface area (Å²) in [4.78, 5) is 50.4. The third kappa shape index (κ3) is 9.78. The van der Waals surface area contributed by atoms with Gasteiger partial charge in [0.2, 0.25) is 5.91 Å². The van der Waals surface area contributed by atoms with Crippen molar-refractivity contribution in [2.24, 2.45) is 5.92 Å². The van der Waals surface area contributed by atoms with Crippen LogP contribution >= 0.6 is 11.3 Å². The van der Waals surface area contributed by atoms with Crippen molar-refractivity contribution in [2.45, 2.75) is 84.1 Å². The van der Waals surface area contributed by atoms with Crippen molar-refractivity contribution in [3.63, 3.8) is 0 Å². The van der Waals surface area contributed by atoms with E-state index in [0.717, 1.165) is 45.9 Å². The van der Waals surface area contributed by atoms with E-state index < -0.39 is 17.9 Å². The van der Waals surface area contributed by atoms with E-state index in [-0.39, 0.29) is 36.7 Å². The first-order valence-electron chi connectivity index (χ1n) is 17.6. The summed E-state index contributed by atoms with van der Waals surface area (Å²) in [5.74, 6) is -0.675. The number of rotatable bonds is 16. The van der Waals surface area contributed by atoms with Gasteiger partial charge in [0, 0.05) is 47.9 Å². The predicted octanol–water partition coefficient (Wildman–Crippen LogP) is 7.79. The number of likely N-dealkylation sites (tertiary alicyclic amines) is 1. The highest BCUT2D eigenvalue weighted by Gasteiger charge is 2.39. The number of ether oxygens (including phenoxy) is 1. The molecule has 2 aromatic carbocycles. The minimum absolute atomic E-state index is 0.0961. The molecular formula is C40H48N4O5S. The number of unbranched alkanes of at least 4 members (excludes halogenated alkanes) is 5. The molecule has 50 heavy (non-hydrogen) atoms. The zero-order chi connectivity index (χ0) is 35.7. The molecule has 0 radical (unpaired) electrons. The number of nitrogens with one attached hydrogen (secondary N) is 1. The third-order valence-corrected chi connectivity index (χ3v) is 10.5. The molecule has 10 heteroatoms. The number of carbonyl (C=O) groups is 3. The maximum Gasteiger partial charge on any atom is 0.310 e. The van der Waals surface area contributed by atoms with Crippen LogP contribution in [0.25, 0.3) is 22.5 Å². The molecule has 0 bridgehead atoms. The van der Waals surface area contributed by atoms with Crippen LogP contribution in [0.2, 0.25) is 0 Å². The molecule has 264 valence electrons. The molecule has 0 spiro atoms. The lowest BCUT2D eigenvalue weighted by Crippen LogP contribution is -2.59. The summed E-state index contributed by atoms with van der Waals surface area (Å²) in [5.41, 5.74) is 3.49. The first-order valence-corrected chi connectivity index (χ1v) is 18.4. The number of benzene rings is 2. The number of hydrogen-bond donors (Lipinski definition) is 2. The Morgan fingerprint density at radius 1 is 0.880 bits per heavy atom. The molecule has 1 aliphatic rings. The number of thiophene rings is 1. The van der Waals surface area contributed by atoms with Gasteiger partial charge in [-0.05, 0) is 47.2 Å². The van der Waals surface area contributed by atoms with Crippen LogP contribution in [0.4, 0.5) is 0 Å². The summed E-state index contributed by atoms with van der Waals surface area (Å²) in [5, 5.41) is 12.2. The molecule has 2 amide bonds. The average Bonchev–Trinajstić information content (AvgIpc) is 3.59. The fourth-order valence-electron chi connectivity index (χ4n) is 5.80. The van der Waals surface area contributed by atoms with Gasteiger partial charge in [0.15, 0.2) is 5.82 Å². The van der Waals surface area contributed by atoms with E-state index in [1.165, 1.54) is 48.3 Å². The van der Waals surface area contributed by atoms with E-state index >= 15 is 0 Å². The molecule has 2 aromatic heterocycles. The van der Waals surface area contributed by atoms with Gasteiger partial charge in [-0.3, -0.25) is 14.4 Å². The van der Waals surface area contributed by atoms with Crippen LogP contribution in [0.15, 0.2) is 73.1 Å². The topological polar surface area (TPSA) is 122 Å². The summed E-state index contributed by atoms with van der Waals surface area (Å²) in [6.45, 7) is 9.49. The highest BCUT2D eigenvalue weighted by Crippen LogP contribution is 2.30. The monoisotopic (exact) mass is 696 g/mol. The Morgan fingerprint density at radius 2 is 1.52 bits per heavy atom. The second-order valence-electron chi connectivity index (χ2n) is 14.1. The highest BCUT2D eigenvalue weighted by atomic mass is 32.1. The van der Waals surface area contributed by atoms with Gasteiger partial charge in [-0.2, -0.15) is 0 Å². The predicted molar refractivity (Wildman–Crippen MR) is 197 cm³/mol. The number of aromatic nitrogens is 2. The molecule has 4 aromatic rings. The maximum atomic E-state index is 13.5. The van der Waals surface area contributed by atoms with Gasteiger partial charge in [-0.15, -0.1) is 11.3 Å². The second kappa shape index (κ2) is 16.9. The number of carboxylic acids is 1. The molecule has 1 unspecified atom stereocenters. The van der Waals surface area contributed by atoms with Crippen LogP contribution in [-0.4, -0.2) is 63.5 Å². The zero-order valence-electron chi connectivity index (χ0n) is 29.5. The Hall–Kier alpha value is -4.57. The number of amides is 2. The van der Waals surface area contributed by atoms with Gasteiger partial charge in [0.1, 0.15) is 11.8 Å². The van der Waals surface area contributed by atoms with Crippen molar-refractivity contribution in [1.29, 1.82) is 0 Å². The normalized spacial score (nSPS) is 13.8. The molecule has 3 heterocycles. The highest BCUT2D eigenvalue weighted by molar-refractivity contribution is 7.14. The Morgan fingerprint density at radius 3 is 2.14 bits per heavy atom. The van der Waals surface area contributed by atoms with Crippen LogP contribution in [0, 0.1) is 5.92 Å². The molecule has 5 rings (SSSR count). The van der Waals surface area contributed by atoms with Crippen LogP contribution in [0.3, 0.4) is 0 Å². The Kier molecular flexibility index (Phi) is 12.4. The lowest BCUT2D eigenvalue weighted by molar-refractivity contribution is -0.153. The molecular weight excluding hydrogens is 649 g/mol. The van der Waals surface area contributed by atoms with Crippen LogP contribution in [-0.2, 0) is 21.4 Å². The van der Waals surface area contributed by atoms with Gasteiger partial charge in [-0.1, -0.05) is 96.2 Å². The SMILES string of the molecule is CCCCCCCCOc1ccc(-c2cnc(-c3ccc(CC(NC(=O)c4ccc(C(C)(C)C)s4)C(=O)N4CC(C(=O)O)C4)cc3)nc2)cc1. The standard InChI is InChI=1S/C40H48N4O5S/c1-5-6-7-8-9-10-21-49-32-17-15-28(16-18-32)30-23-41-36(42-24-30)29-13-11-27(12-14-29)22-33(38(46)44-25-31(26-44)39(47)48)43-37(45)34-19-20-35(50-34)40(2,3)4/h11-20,23-24,31,33H,5-10,21-22,25-26H2,1-4H3,(H,43,45)(H,47,48). The number of aliphatic carboxylic acids is 1. The number of carboxylic acid groups (broad SMARTS) is 1. The number of hydrogen-bond acceptors (Lipinski definition) is 7. The Balaban J connectivity index is 1.20. The van der Waals surface area contributed by atoms with Gasteiger partial charge < -0.3 is 20.1 Å². The van der Waals surface area contributed by atoms with E-state index in [1.54, 1.807) is 18.5 Å². The largest absolute Gasteiger partial charge is 0.494 e. The maximum absolute atomic E-state index is 13.5. The van der Waals surface area contributed by atoms with Gasteiger partial charge >= 0.3 is 5.97 Å². The van der Waals surface area contributed by atoms with Crippen LogP contribution in [0.5, 0.6) is 5.75 Å². The minimum atomic E-state index is -0.921. The van der Waals surface area contributed by atoms with E-state index in [2.05, 4.69) is 43.0 Å². The fraction of sp³-hybridized carbons (Fsp3) is 0.425. The molecule has 1 fully saturated rings. The summed E-state index contributed by atoms with van der Waals surface area (Å²) in [6.07, 6.45) is 11.3. The van der Waals surface area contributed by atoms with Gasteiger partial charge in [0.05, 0.1) is 17.4 Å². The quantitative estimate of drug-likeness (QED) is 0.115. The van der Waals surface area contributed by atoms with Crippen LogP contribution < -0.4 is 10.1 Å². The molecule has 9 nitrogen and oxygen atoms in total. The molecule has 1 saturated heterocycles. The summed E-state index contributed by atoms with van der Waals surface area (Å²) in [7, 11) is 0. The van der Waals surface area contributed by atoms with Crippen molar-refractivity contribution in [3.05, 3.63) is 88.4 Å². The fourth-order valence-corrected chi connectivity index (χ4v) is 6.76. The van der Waals surface area contributed by atoms with Crippen molar-refractivity contribution >= 4 is 29.1 Å². The summed E-state index contributed by atoms with van der Waals surface area (Å²) < 4.78 is 5.92. The van der Waals surface area contributed by atoms with E-state index in [1.807, 2.05) is 54.6 Å².